The van der Waals surface area contributed by atoms with E-state index in [1.165, 1.54) is 14.2 Å². The number of nitrogens with one attached hydrogen (secondary N) is 3. The Kier molecular flexibility index (Phi) is 4.24. The zero-order valence-corrected chi connectivity index (χ0v) is 11.4. The van der Waals surface area contributed by atoms with Crippen LogP contribution in [0.5, 0.6) is 0 Å². The summed E-state index contributed by atoms with van der Waals surface area (Å²) in [5.41, 5.74) is 1.96. The zero-order valence-electron chi connectivity index (χ0n) is 11.4. The molecule has 0 aliphatic carbocycles. The third-order valence-corrected chi connectivity index (χ3v) is 3.14. The van der Waals surface area contributed by atoms with E-state index in [0.717, 1.165) is 16.5 Å². The minimum absolute atomic E-state index is 0.263. The maximum atomic E-state index is 11.8. The van der Waals surface area contributed by atoms with Crippen molar-refractivity contribution in [3.8, 4) is 0 Å². The number of fused-ring (bicyclic) bond motifs is 1. The fourth-order valence-electron chi connectivity index (χ4n) is 2.11. The van der Waals surface area contributed by atoms with Gasteiger partial charge in [-0.05, 0) is 11.6 Å². The number of carbonyl (C=O) groups excluding carboxylic acids is 2. The first-order valence-corrected chi connectivity index (χ1v) is 6.26. The Bertz CT molecular complexity index is 621. The molecule has 6 nitrogen and oxygen atoms in total. The van der Waals surface area contributed by atoms with E-state index in [9.17, 15) is 9.59 Å². The molecule has 2 amide bonds. The van der Waals surface area contributed by atoms with Crippen LogP contribution in [0.1, 0.15) is 5.56 Å². The van der Waals surface area contributed by atoms with Crippen molar-refractivity contribution in [3.63, 3.8) is 0 Å². The highest BCUT2D eigenvalue weighted by Gasteiger charge is 2.21. The van der Waals surface area contributed by atoms with Gasteiger partial charge in [-0.2, -0.15) is 0 Å². The summed E-state index contributed by atoms with van der Waals surface area (Å²) < 4.78 is 4.54. The van der Waals surface area contributed by atoms with E-state index in [4.69, 9.17) is 0 Å². The number of aromatic amines is 1. The second kappa shape index (κ2) is 6.10. The van der Waals surface area contributed by atoms with Crippen molar-refractivity contribution >= 4 is 22.9 Å². The van der Waals surface area contributed by atoms with Crippen LogP contribution >= 0.6 is 0 Å². The van der Waals surface area contributed by atoms with Crippen LogP contribution in [0.4, 0.5) is 4.79 Å². The van der Waals surface area contributed by atoms with Crippen LogP contribution in [0.2, 0.25) is 0 Å². The molecule has 0 fully saturated rings. The number of hydrogen-bond acceptors (Lipinski definition) is 3. The van der Waals surface area contributed by atoms with Crippen molar-refractivity contribution in [3.05, 3.63) is 36.0 Å². The molecular weight excluding hydrogens is 258 g/mol. The molecule has 0 saturated carbocycles. The fourth-order valence-corrected chi connectivity index (χ4v) is 2.11. The predicted octanol–water partition coefficient (Wildman–Crippen LogP) is 1.18. The number of rotatable bonds is 4. The van der Waals surface area contributed by atoms with Crippen LogP contribution < -0.4 is 10.6 Å². The number of likely N-dealkylation sites (N-methyl/N-ethyl adjacent to an activating group) is 1. The van der Waals surface area contributed by atoms with Gasteiger partial charge < -0.3 is 20.4 Å². The molecule has 1 atom stereocenters. The zero-order chi connectivity index (χ0) is 14.5. The second-order valence-electron chi connectivity index (χ2n) is 4.37. The average molecular weight is 275 g/mol. The highest BCUT2D eigenvalue weighted by molar-refractivity contribution is 5.88. The van der Waals surface area contributed by atoms with Crippen LogP contribution in [0, 0.1) is 0 Å². The minimum atomic E-state index is -0.674. The van der Waals surface area contributed by atoms with Crippen molar-refractivity contribution in [2.45, 2.75) is 12.5 Å². The molecule has 0 spiro atoms. The van der Waals surface area contributed by atoms with Gasteiger partial charge in [-0.1, -0.05) is 18.2 Å². The molecule has 1 aromatic carbocycles. The maximum Gasteiger partial charge on any atom is 0.407 e. The fraction of sp³-hybridized carbons (Fsp3) is 0.286. The van der Waals surface area contributed by atoms with Crippen molar-refractivity contribution in [1.29, 1.82) is 0 Å². The summed E-state index contributed by atoms with van der Waals surface area (Å²) in [7, 11) is 2.80. The molecule has 0 unspecified atom stereocenters. The van der Waals surface area contributed by atoms with Gasteiger partial charge in [0.15, 0.2) is 0 Å². The summed E-state index contributed by atoms with van der Waals surface area (Å²) in [6.07, 6.45) is 1.61. The molecule has 3 N–H and O–H groups in total. The molecule has 0 aliphatic heterocycles. The summed E-state index contributed by atoms with van der Waals surface area (Å²) in [5, 5.41) is 6.10. The molecule has 6 heteroatoms. The lowest BCUT2D eigenvalue weighted by atomic mass is 10.0. The first-order chi connectivity index (χ1) is 9.65. The molecule has 0 aliphatic rings. The molecule has 0 bridgehead atoms. The van der Waals surface area contributed by atoms with E-state index in [1.807, 2.05) is 30.5 Å². The van der Waals surface area contributed by atoms with E-state index in [-0.39, 0.29) is 5.91 Å². The Morgan fingerprint density at radius 2 is 2.10 bits per heavy atom. The number of para-hydroxylation sites is 1. The quantitative estimate of drug-likeness (QED) is 0.783. The Morgan fingerprint density at radius 3 is 2.80 bits per heavy atom. The standard InChI is InChI=1S/C14H17N3O3/c1-15-13(18)12(17-14(19)20-2)7-9-8-16-11-6-4-3-5-10(9)11/h3-6,8,12,16H,7H2,1-2H3,(H,15,18)(H,17,19)/t12-/m0/s1. The molecular formula is C14H17N3O3. The molecule has 20 heavy (non-hydrogen) atoms. The van der Waals surface area contributed by atoms with E-state index in [0.29, 0.717) is 6.42 Å². The minimum Gasteiger partial charge on any atom is -0.453 e. The summed E-state index contributed by atoms with van der Waals surface area (Å²) in [6.45, 7) is 0. The Balaban J connectivity index is 2.22. The number of methoxy groups -OCH3 is 1. The summed E-state index contributed by atoms with van der Waals surface area (Å²) in [4.78, 5) is 26.3. The summed E-state index contributed by atoms with van der Waals surface area (Å²) in [5.74, 6) is -0.263. The molecule has 2 aromatic rings. The lowest BCUT2D eigenvalue weighted by Crippen LogP contribution is -2.46. The Morgan fingerprint density at radius 1 is 1.35 bits per heavy atom. The number of amides is 2. The van der Waals surface area contributed by atoms with Gasteiger partial charge in [0.05, 0.1) is 7.11 Å². The van der Waals surface area contributed by atoms with Gasteiger partial charge in [-0.3, -0.25) is 4.79 Å². The van der Waals surface area contributed by atoms with Gasteiger partial charge in [0.25, 0.3) is 0 Å². The average Bonchev–Trinajstić information content (AvgIpc) is 2.89. The Labute approximate surface area is 116 Å². The highest BCUT2D eigenvalue weighted by atomic mass is 16.5. The first kappa shape index (κ1) is 13.9. The van der Waals surface area contributed by atoms with Gasteiger partial charge in [0.1, 0.15) is 6.04 Å². The number of ether oxygens (including phenoxy) is 1. The van der Waals surface area contributed by atoms with Crippen LogP contribution in [0.25, 0.3) is 10.9 Å². The van der Waals surface area contributed by atoms with Crippen molar-refractivity contribution in [1.82, 2.24) is 15.6 Å². The summed E-state index contributed by atoms with van der Waals surface area (Å²) >= 11 is 0. The highest BCUT2D eigenvalue weighted by Crippen LogP contribution is 2.19. The Hall–Kier alpha value is -2.50. The van der Waals surface area contributed by atoms with E-state index < -0.39 is 12.1 Å². The third-order valence-electron chi connectivity index (χ3n) is 3.14. The summed E-state index contributed by atoms with van der Waals surface area (Å²) in [6, 6.07) is 7.13. The van der Waals surface area contributed by atoms with Crippen LogP contribution in [0.3, 0.4) is 0 Å². The van der Waals surface area contributed by atoms with Gasteiger partial charge in [-0.25, -0.2) is 4.79 Å². The predicted molar refractivity (Wildman–Crippen MR) is 75.4 cm³/mol. The van der Waals surface area contributed by atoms with Gasteiger partial charge >= 0.3 is 6.09 Å². The number of hydrogen-bond donors (Lipinski definition) is 3. The van der Waals surface area contributed by atoms with Gasteiger partial charge in [0.2, 0.25) is 5.91 Å². The number of alkyl carbamates (subject to hydrolysis) is 1. The van der Waals surface area contributed by atoms with Crippen LogP contribution in [-0.2, 0) is 16.0 Å². The van der Waals surface area contributed by atoms with E-state index in [2.05, 4.69) is 20.4 Å². The van der Waals surface area contributed by atoms with E-state index >= 15 is 0 Å². The smallest absolute Gasteiger partial charge is 0.407 e. The molecule has 0 saturated heterocycles. The lowest BCUT2D eigenvalue weighted by Gasteiger charge is -2.16. The topological polar surface area (TPSA) is 83.2 Å². The first-order valence-electron chi connectivity index (χ1n) is 6.26. The van der Waals surface area contributed by atoms with E-state index in [1.54, 1.807) is 0 Å². The van der Waals surface area contributed by atoms with Crippen molar-refractivity contribution in [2.24, 2.45) is 0 Å². The monoisotopic (exact) mass is 275 g/mol. The molecule has 1 heterocycles. The van der Waals surface area contributed by atoms with Crippen LogP contribution in [0.15, 0.2) is 30.5 Å². The third kappa shape index (κ3) is 2.90. The second-order valence-corrected chi connectivity index (χ2v) is 4.37. The van der Waals surface area contributed by atoms with Crippen molar-refractivity contribution in [2.75, 3.05) is 14.2 Å². The van der Waals surface area contributed by atoms with Gasteiger partial charge in [-0.15, -0.1) is 0 Å². The molecule has 0 radical (unpaired) electrons. The number of carbonyl (C=O) groups is 2. The van der Waals surface area contributed by atoms with Crippen molar-refractivity contribution < 1.29 is 14.3 Å². The SMILES string of the molecule is CNC(=O)[C@H](Cc1c[nH]c2ccccc12)NC(=O)OC. The van der Waals surface area contributed by atoms with Crippen LogP contribution in [-0.4, -0.2) is 37.2 Å². The molecule has 2 rings (SSSR count). The number of H-pyrrole nitrogens is 1. The van der Waals surface area contributed by atoms with Gasteiger partial charge in [0, 0.05) is 30.6 Å². The largest absolute Gasteiger partial charge is 0.453 e. The normalized spacial score (nSPS) is 11.9. The molecule has 1 aromatic heterocycles. The molecule has 106 valence electrons. The maximum absolute atomic E-state index is 11.8. The number of benzene rings is 1. The number of aromatic nitrogens is 1. The lowest BCUT2D eigenvalue weighted by molar-refractivity contribution is -0.122.